The molecule has 0 saturated carbocycles. The van der Waals surface area contributed by atoms with E-state index in [0.29, 0.717) is 11.5 Å². The Hall–Kier alpha value is -1.58. The molecule has 0 radical (unpaired) electrons. The normalized spacial score (nSPS) is 13.8. The van der Waals surface area contributed by atoms with E-state index in [2.05, 4.69) is 37.3 Å². The lowest BCUT2D eigenvalue weighted by molar-refractivity contribution is -0.145. The summed E-state index contributed by atoms with van der Waals surface area (Å²) < 4.78 is 5.52. The number of carbonyl (C=O) groups excluding carboxylic acids is 1. The first kappa shape index (κ1) is 16.5. The SMILES string of the molecule is C=C(C)C(=O)OC(CCCC)c1cnc(C(C)CC)[nH]1. The molecule has 1 rings (SSSR count). The maximum absolute atomic E-state index is 11.7. The Labute approximate surface area is 121 Å². The number of rotatable bonds is 8. The molecule has 1 N–H and O–H groups in total. The van der Waals surface area contributed by atoms with Gasteiger partial charge in [-0.15, -0.1) is 0 Å². The summed E-state index contributed by atoms with van der Waals surface area (Å²) in [5, 5.41) is 0. The second-order valence-corrected chi connectivity index (χ2v) is 5.35. The lowest BCUT2D eigenvalue weighted by atomic mass is 10.1. The van der Waals surface area contributed by atoms with Crippen LogP contribution in [0.2, 0.25) is 0 Å². The van der Waals surface area contributed by atoms with E-state index in [1.165, 1.54) is 0 Å². The minimum atomic E-state index is -0.342. The standard InChI is InChI=1S/C16H26N2O2/c1-6-8-9-14(20-16(19)11(3)4)13-10-17-15(18-13)12(5)7-2/h10,12,14H,3,6-9H2,1-2,4-5H3,(H,17,18). The molecule has 0 bridgehead atoms. The van der Waals surface area contributed by atoms with Crippen LogP contribution in [-0.2, 0) is 9.53 Å². The Morgan fingerprint density at radius 3 is 2.75 bits per heavy atom. The Morgan fingerprint density at radius 2 is 2.20 bits per heavy atom. The summed E-state index contributed by atoms with van der Waals surface area (Å²) in [5.41, 5.74) is 1.30. The van der Waals surface area contributed by atoms with Crippen LogP contribution in [0.1, 0.15) is 76.9 Å². The van der Waals surface area contributed by atoms with E-state index in [9.17, 15) is 4.79 Å². The zero-order valence-corrected chi connectivity index (χ0v) is 13.0. The number of nitrogens with zero attached hydrogens (tertiary/aromatic N) is 1. The highest BCUT2D eigenvalue weighted by Gasteiger charge is 2.20. The molecule has 0 fully saturated rings. The van der Waals surface area contributed by atoms with E-state index in [1.54, 1.807) is 13.1 Å². The van der Waals surface area contributed by atoms with Crippen LogP contribution in [0, 0.1) is 0 Å². The highest BCUT2D eigenvalue weighted by atomic mass is 16.5. The number of nitrogens with one attached hydrogen (secondary N) is 1. The molecule has 1 aromatic heterocycles. The maximum atomic E-state index is 11.7. The van der Waals surface area contributed by atoms with Crippen LogP contribution in [0.3, 0.4) is 0 Å². The lowest BCUT2D eigenvalue weighted by Gasteiger charge is -2.16. The summed E-state index contributed by atoms with van der Waals surface area (Å²) in [5.74, 6) is 0.994. The van der Waals surface area contributed by atoms with Crippen molar-refractivity contribution >= 4 is 5.97 Å². The van der Waals surface area contributed by atoms with E-state index in [0.717, 1.165) is 37.2 Å². The van der Waals surface area contributed by atoms with Crippen molar-refractivity contribution in [3.05, 3.63) is 29.9 Å². The summed E-state index contributed by atoms with van der Waals surface area (Å²) in [6.45, 7) is 11.7. The molecule has 0 spiro atoms. The molecule has 0 aromatic carbocycles. The third-order valence-electron chi connectivity index (χ3n) is 3.46. The highest BCUT2D eigenvalue weighted by Crippen LogP contribution is 2.25. The van der Waals surface area contributed by atoms with Crippen LogP contribution in [-0.4, -0.2) is 15.9 Å². The number of aromatic amines is 1. The van der Waals surface area contributed by atoms with Crippen molar-refractivity contribution in [2.45, 2.75) is 65.4 Å². The predicted molar refractivity (Wildman–Crippen MR) is 80.5 cm³/mol. The number of aromatic nitrogens is 2. The maximum Gasteiger partial charge on any atom is 0.333 e. The first-order valence-corrected chi connectivity index (χ1v) is 7.40. The van der Waals surface area contributed by atoms with Crippen molar-refractivity contribution in [2.24, 2.45) is 0 Å². The van der Waals surface area contributed by atoms with Crippen LogP contribution in [0.25, 0.3) is 0 Å². The van der Waals surface area contributed by atoms with Gasteiger partial charge in [0.1, 0.15) is 11.9 Å². The molecule has 112 valence electrons. The summed E-state index contributed by atoms with van der Waals surface area (Å²) in [4.78, 5) is 19.4. The van der Waals surface area contributed by atoms with Crippen molar-refractivity contribution in [2.75, 3.05) is 0 Å². The molecule has 4 nitrogen and oxygen atoms in total. The number of esters is 1. The molecule has 2 unspecified atom stereocenters. The number of carbonyl (C=O) groups is 1. The predicted octanol–water partition coefficient (Wildman–Crippen LogP) is 4.27. The molecule has 1 aromatic rings. The number of hydrogen-bond donors (Lipinski definition) is 1. The monoisotopic (exact) mass is 278 g/mol. The molecule has 4 heteroatoms. The van der Waals surface area contributed by atoms with Gasteiger partial charge in [-0.05, 0) is 26.2 Å². The van der Waals surface area contributed by atoms with Gasteiger partial charge in [-0.25, -0.2) is 9.78 Å². The van der Waals surface area contributed by atoms with Gasteiger partial charge in [-0.1, -0.05) is 33.8 Å². The molecule has 0 saturated heterocycles. The summed E-state index contributed by atoms with van der Waals surface area (Å²) in [6.07, 6.45) is 5.42. The van der Waals surface area contributed by atoms with Gasteiger partial charge in [0.15, 0.2) is 0 Å². The van der Waals surface area contributed by atoms with E-state index < -0.39 is 0 Å². The van der Waals surface area contributed by atoms with Gasteiger partial charge in [0.25, 0.3) is 0 Å². The Balaban J connectivity index is 2.84. The fourth-order valence-electron chi connectivity index (χ4n) is 1.86. The van der Waals surface area contributed by atoms with E-state index in [-0.39, 0.29) is 12.1 Å². The van der Waals surface area contributed by atoms with Crippen molar-refractivity contribution in [3.8, 4) is 0 Å². The molecule has 0 aliphatic heterocycles. The number of imidazole rings is 1. The number of unbranched alkanes of at least 4 members (excludes halogenated alkanes) is 1. The lowest BCUT2D eigenvalue weighted by Crippen LogP contribution is -2.12. The minimum absolute atomic E-state index is 0.260. The van der Waals surface area contributed by atoms with E-state index in [4.69, 9.17) is 4.74 Å². The molecule has 1 heterocycles. The third kappa shape index (κ3) is 4.51. The summed E-state index contributed by atoms with van der Waals surface area (Å²) >= 11 is 0. The number of hydrogen-bond acceptors (Lipinski definition) is 3. The molecular formula is C16H26N2O2. The fraction of sp³-hybridized carbons (Fsp3) is 0.625. The van der Waals surface area contributed by atoms with Gasteiger partial charge in [-0.2, -0.15) is 0 Å². The molecular weight excluding hydrogens is 252 g/mol. The van der Waals surface area contributed by atoms with E-state index in [1.807, 2.05) is 0 Å². The average molecular weight is 278 g/mol. The van der Waals surface area contributed by atoms with Crippen LogP contribution in [0.4, 0.5) is 0 Å². The zero-order valence-electron chi connectivity index (χ0n) is 13.0. The molecule has 20 heavy (non-hydrogen) atoms. The Bertz CT molecular complexity index is 451. The molecule has 0 aliphatic rings. The van der Waals surface area contributed by atoms with Crippen molar-refractivity contribution < 1.29 is 9.53 Å². The number of ether oxygens (including phenoxy) is 1. The molecule has 0 aliphatic carbocycles. The summed E-state index contributed by atoms with van der Waals surface area (Å²) in [6, 6.07) is 0. The third-order valence-corrected chi connectivity index (χ3v) is 3.46. The van der Waals surface area contributed by atoms with Crippen LogP contribution in [0.15, 0.2) is 18.3 Å². The largest absolute Gasteiger partial charge is 0.453 e. The van der Waals surface area contributed by atoms with E-state index >= 15 is 0 Å². The van der Waals surface area contributed by atoms with Gasteiger partial charge >= 0.3 is 5.97 Å². The van der Waals surface area contributed by atoms with Gasteiger partial charge in [0.05, 0.1) is 11.9 Å². The molecule has 0 amide bonds. The van der Waals surface area contributed by atoms with Crippen molar-refractivity contribution in [1.29, 1.82) is 0 Å². The Morgan fingerprint density at radius 1 is 1.50 bits per heavy atom. The quantitative estimate of drug-likeness (QED) is 0.570. The van der Waals surface area contributed by atoms with Crippen LogP contribution in [0.5, 0.6) is 0 Å². The minimum Gasteiger partial charge on any atom is -0.453 e. The van der Waals surface area contributed by atoms with Gasteiger partial charge in [0, 0.05) is 11.5 Å². The smallest absolute Gasteiger partial charge is 0.333 e. The second-order valence-electron chi connectivity index (χ2n) is 5.35. The summed E-state index contributed by atoms with van der Waals surface area (Å²) in [7, 11) is 0. The molecule has 2 atom stereocenters. The van der Waals surface area contributed by atoms with Crippen LogP contribution < -0.4 is 0 Å². The first-order valence-electron chi connectivity index (χ1n) is 7.40. The van der Waals surface area contributed by atoms with Crippen molar-refractivity contribution in [3.63, 3.8) is 0 Å². The van der Waals surface area contributed by atoms with Gasteiger partial charge in [0.2, 0.25) is 0 Å². The first-order chi connectivity index (χ1) is 9.49. The van der Waals surface area contributed by atoms with Crippen molar-refractivity contribution in [1.82, 2.24) is 9.97 Å². The second kappa shape index (κ2) is 7.88. The highest BCUT2D eigenvalue weighted by molar-refractivity contribution is 5.87. The Kier molecular flexibility index (Phi) is 6.49. The van der Waals surface area contributed by atoms with Gasteiger partial charge < -0.3 is 9.72 Å². The van der Waals surface area contributed by atoms with Gasteiger partial charge in [-0.3, -0.25) is 0 Å². The average Bonchev–Trinajstić information content (AvgIpc) is 2.91. The number of H-pyrrole nitrogens is 1. The zero-order chi connectivity index (χ0) is 15.1. The topological polar surface area (TPSA) is 55.0 Å². The fourth-order valence-corrected chi connectivity index (χ4v) is 1.86. The van der Waals surface area contributed by atoms with Crippen LogP contribution >= 0.6 is 0 Å².